The Bertz CT molecular complexity index is 1200. The lowest BCUT2D eigenvalue weighted by Crippen LogP contribution is -2.60. The molecular formula is C29H32FNO4S. The van der Waals surface area contributed by atoms with Crippen LogP contribution < -0.4 is 10.1 Å². The third-order valence-corrected chi connectivity index (χ3v) is 7.19. The third-order valence-electron chi connectivity index (χ3n) is 6.21. The van der Waals surface area contributed by atoms with Gasteiger partial charge in [-0.1, -0.05) is 48.2 Å². The van der Waals surface area contributed by atoms with Crippen LogP contribution >= 0.6 is 11.8 Å². The van der Waals surface area contributed by atoms with Gasteiger partial charge in [-0.15, -0.1) is 0 Å². The van der Waals surface area contributed by atoms with Crippen LogP contribution in [-0.2, 0) is 20.7 Å². The smallest absolute Gasteiger partial charge is 0.217 e. The highest BCUT2D eigenvalue weighted by molar-refractivity contribution is 7.99. The van der Waals surface area contributed by atoms with E-state index in [0.29, 0.717) is 25.2 Å². The Kier molecular flexibility index (Phi) is 8.03. The molecule has 190 valence electrons. The average Bonchev–Trinajstić information content (AvgIpc) is 2.85. The van der Waals surface area contributed by atoms with E-state index in [0.717, 1.165) is 33.1 Å². The van der Waals surface area contributed by atoms with Gasteiger partial charge in [-0.25, -0.2) is 4.39 Å². The summed E-state index contributed by atoms with van der Waals surface area (Å²) in [5, 5.41) is 3.03. The van der Waals surface area contributed by atoms with E-state index in [1.54, 1.807) is 13.2 Å². The number of methoxy groups -OCH3 is 1. The van der Waals surface area contributed by atoms with Gasteiger partial charge in [0, 0.05) is 22.3 Å². The van der Waals surface area contributed by atoms with Crippen LogP contribution in [0.3, 0.4) is 0 Å². The fourth-order valence-corrected chi connectivity index (χ4v) is 5.08. The van der Waals surface area contributed by atoms with Gasteiger partial charge in [-0.05, 0) is 68.1 Å². The van der Waals surface area contributed by atoms with Crippen molar-refractivity contribution in [2.24, 2.45) is 0 Å². The predicted octanol–water partition coefficient (Wildman–Crippen LogP) is 6.24. The van der Waals surface area contributed by atoms with Gasteiger partial charge in [-0.3, -0.25) is 4.79 Å². The zero-order chi connectivity index (χ0) is 25.8. The monoisotopic (exact) mass is 509 g/mol. The highest BCUT2D eigenvalue weighted by Crippen LogP contribution is 2.33. The number of aryl methyl sites for hydroxylation is 1. The minimum Gasteiger partial charge on any atom is -0.497 e. The number of hydrogen-bond acceptors (Lipinski definition) is 5. The summed E-state index contributed by atoms with van der Waals surface area (Å²) in [7, 11) is 1.63. The van der Waals surface area contributed by atoms with Crippen LogP contribution in [0.2, 0.25) is 0 Å². The van der Waals surface area contributed by atoms with Crippen LogP contribution in [-0.4, -0.2) is 37.6 Å². The number of hydrogen-bond donors (Lipinski definition) is 1. The number of ether oxygens (including phenoxy) is 3. The Morgan fingerprint density at radius 1 is 1.03 bits per heavy atom. The van der Waals surface area contributed by atoms with Crippen molar-refractivity contribution >= 4 is 17.7 Å². The van der Waals surface area contributed by atoms with E-state index in [1.807, 2.05) is 74.5 Å². The maximum absolute atomic E-state index is 15.0. The summed E-state index contributed by atoms with van der Waals surface area (Å²) in [6.45, 7) is 6.02. The summed E-state index contributed by atoms with van der Waals surface area (Å²) in [5.41, 5.74) is 1.90. The first-order valence-corrected chi connectivity index (χ1v) is 12.8. The second-order valence-corrected chi connectivity index (χ2v) is 10.7. The van der Waals surface area contributed by atoms with Gasteiger partial charge < -0.3 is 19.5 Å². The second kappa shape index (κ2) is 11.0. The zero-order valence-electron chi connectivity index (χ0n) is 21.1. The normalized spacial score (nSPS) is 16.4. The van der Waals surface area contributed by atoms with Crippen molar-refractivity contribution in [3.63, 3.8) is 0 Å². The molecule has 1 heterocycles. The first kappa shape index (κ1) is 26.2. The topological polar surface area (TPSA) is 56.8 Å². The van der Waals surface area contributed by atoms with E-state index in [-0.39, 0.29) is 11.7 Å². The van der Waals surface area contributed by atoms with E-state index >= 15 is 4.39 Å². The summed E-state index contributed by atoms with van der Waals surface area (Å²) in [5.74, 6) is -0.261. The summed E-state index contributed by atoms with van der Waals surface area (Å²) in [4.78, 5) is 13.6. The van der Waals surface area contributed by atoms with Gasteiger partial charge in [0.25, 0.3) is 0 Å². The van der Waals surface area contributed by atoms with Crippen molar-refractivity contribution in [2.75, 3.05) is 20.3 Å². The molecule has 1 aliphatic heterocycles. The average molecular weight is 510 g/mol. The molecule has 4 rings (SSSR count). The fourth-order valence-electron chi connectivity index (χ4n) is 4.19. The standard InChI is InChI=1S/C29H32FNO4S/c1-20(32)31-29(18-34-28(2,3)35-19-29)15-14-21-8-10-22(11-9-21)26-13-12-25(17-27(26)30)36-24-7-5-6-23(16-24)33-4/h5-13,16-17H,14-15,18-19H2,1-4H3,(H,31,32). The molecule has 3 aromatic rings. The van der Waals surface area contributed by atoms with E-state index in [1.165, 1.54) is 18.7 Å². The van der Waals surface area contributed by atoms with Crippen molar-refractivity contribution in [3.8, 4) is 16.9 Å². The SMILES string of the molecule is COc1cccc(Sc2ccc(-c3ccc(CCC4(NC(C)=O)COC(C)(C)OC4)cc3)c(F)c2)c1. The van der Waals surface area contributed by atoms with Crippen molar-refractivity contribution in [3.05, 3.63) is 78.1 Å². The van der Waals surface area contributed by atoms with E-state index < -0.39 is 11.3 Å². The Hall–Kier alpha value is -2.87. The summed E-state index contributed by atoms with van der Waals surface area (Å²) >= 11 is 1.49. The molecule has 0 unspecified atom stereocenters. The molecule has 0 atom stereocenters. The van der Waals surface area contributed by atoms with Gasteiger partial charge in [-0.2, -0.15) is 0 Å². The van der Waals surface area contributed by atoms with Crippen LogP contribution in [0.1, 0.15) is 32.8 Å². The lowest BCUT2D eigenvalue weighted by molar-refractivity contribution is -0.271. The molecule has 0 radical (unpaired) electrons. The molecule has 0 bridgehead atoms. The second-order valence-electron chi connectivity index (χ2n) is 9.56. The Balaban J connectivity index is 1.42. The number of carbonyl (C=O) groups is 1. The van der Waals surface area contributed by atoms with Gasteiger partial charge in [0.05, 0.1) is 25.9 Å². The van der Waals surface area contributed by atoms with Crippen LogP contribution in [0.15, 0.2) is 76.5 Å². The summed E-state index contributed by atoms with van der Waals surface area (Å²) in [6, 6.07) is 20.9. The van der Waals surface area contributed by atoms with Gasteiger partial charge in [0.15, 0.2) is 5.79 Å². The summed E-state index contributed by atoms with van der Waals surface area (Å²) < 4.78 is 31.9. The molecular weight excluding hydrogens is 477 g/mol. The quantitative estimate of drug-likeness (QED) is 0.389. The molecule has 7 heteroatoms. The van der Waals surface area contributed by atoms with E-state index in [9.17, 15) is 4.79 Å². The predicted molar refractivity (Wildman–Crippen MR) is 140 cm³/mol. The Labute approximate surface area is 216 Å². The lowest BCUT2D eigenvalue weighted by atomic mass is 9.91. The highest BCUT2D eigenvalue weighted by Gasteiger charge is 2.40. The van der Waals surface area contributed by atoms with Gasteiger partial charge >= 0.3 is 0 Å². The Morgan fingerprint density at radius 3 is 2.36 bits per heavy atom. The zero-order valence-corrected chi connectivity index (χ0v) is 21.9. The molecule has 36 heavy (non-hydrogen) atoms. The first-order valence-electron chi connectivity index (χ1n) is 11.9. The number of carbonyl (C=O) groups excluding carboxylic acids is 1. The first-order chi connectivity index (χ1) is 17.2. The molecule has 1 amide bonds. The molecule has 1 aliphatic rings. The molecule has 0 saturated carbocycles. The number of benzene rings is 3. The minimum atomic E-state index is -0.657. The number of amides is 1. The molecule has 0 spiro atoms. The molecule has 0 aromatic heterocycles. The van der Waals surface area contributed by atoms with Gasteiger partial charge in [0.2, 0.25) is 5.91 Å². The molecule has 3 aromatic carbocycles. The lowest BCUT2D eigenvalue weighted by Gasteiger charge is -2.43. The largest absolute Gasteiger partial charge is 0.497 e. The van der Waals surface area contributed by atoms with Crippen LogP contribution in [0.4, 0.5) is 4.39 Å². The number of nitrogens with one attached hydrogen (secondary N) is 1. The van der Waals surface area contributed by atoms with Crippen molar-refractivity contribution < 1.29 is 23.4 Å². The van der Waals surface area contributed by atoms with Crippen molar-refractivity contribution in [1.82, 2.24) is 5.32 Å². The molecule has 1 fully saturated rings. The molecule has 0 aliphatic carbocycles. The number of rotatable bonds is 8. The van der Waals surface area contributed by atoms with Crippen LogP contribution in [0, 0.1) is 5.82 Å². The van der Waals surface area contributed by atoms with Crippen LogP contribution in [0.25, 0.3) is 11.1 Å². The maximum Gasteiger partial charge on any atom is 0.217 e. The van der Waals surface area contributed by atoms with Crippen LogP contribution in [0.5, 0.6) is 5.75 Å². The van der Waals surface area contributed by atoms with Crippen molar-refractivity contribution in [1.29, 1.82) is 0 Å². The summed E-state index contributed by atoms with van der Waals surface area (Å²) in [6.07, 6.45) is 1.40. The molecule has 1 N–H and O–H groups in total. The highest BCUT2D eigenvalue weighted by atomic mass is 32.2. The maximum atomic E-state index is 15.0. The molecule has 1 saturated heterocycles. The third kappa shape index (κ3) is 6.66. The minimum absolute atomic E-state index is 0.110. The van der Waals surface area contributed by atoms with E-state index in [2.05, 4.69) is 5.32 Å². The fraction of sp³-hybridized carbons (Fsp3) is 0.345. The van der Waals surface area contributed by atoms with E-state index in [4.69, 9.17) is 14.2 Å². The van der Waals surface area contributed by atoms with Gasteiger partial charge in [0.1, 0.15) is 11.6 Å². The van der Waals surface area contributed by atoms with Crippen molar-refractivity contribution in [2.45, 2.75) is 54.7 Å². The molecule has 5 nitrogen and oxygen atoms in total. The number of halogens is 1. The Morgan fingerprint density at radius 2 is 1.72 bits per heavy atom.